The fourth-order valence-corrected chi connectivity index (χ4v) is 1.74. The fraction of sp³-hybridized carbons (Fsp3) is 0.385. The highest BCUT2D eigenvalue weighted by Crippen LogP contribution is 2.13. The van der Waals surface area contributed by atoms with E-state index < -0.39 is 0 Å². The SMILES string of the molecule is CCN(Cc1ccco1)c1ccc(CNC)nn1. The predicted octanol–water partition coefficient (Wildman–Crippen LogP) is 1.82. The molecule has 96 valence electrons. The molecule has 0 bridgehead atoms. The van der Waals surface area contributed by atoms with Crippen molar-refractivity contribution in [2.45, 2.75) is 20.0 Å². The molecular formula is C13H18N4O. The first-order valence-corrected chi connectivity index (χ1v) is 6.08. The Morgan fingerprint density at radius 2 is 2.17 bits per heavy atom. The standard InChI is InChI=1S/C13H18N4O/c1-3-17(10-12-5-4-8-18-12)13-7-6-11(9-14-2)15-16-13/h4-8,14H,3,9-10H2,1-2H3. The summed E-state index contributed by atoms with van der Waals surface area (Å²) in [5.74, 6) is 1.80. The topological polar surface area (TPSA) is 54.2 Å². The monoisotopic (exact) mass is 246 g/mol. The molecule has 0 saturated heterocycles. The first kappa shape index (κ1) is 12.6. The smallest absolute Gasteiger partial charge is 0.151 e. The fourth-order valence-electron chi connectivity index (χ4n) is 1.74. The van der Waals surface area contributed by atoms with Crippen molar-refractivity contribution in [3.05, 3.63) is 42.0 Å². The number of hydrogen-bond acceptors (Lipinski definition) is 5. The number of aromatic nitrogens is 2. The minimum absolute atomic E-state index is 0.712. The minimum Gasteiger partial charge on any atom is -0.467 e. The van der Waals surface area contributed by atoms with Crippen LogP contribution < -0.4 is 10.2 Å². The van der Waals surface area contributed by atoms with E-state index in [0.717, 1.165) is 30.4 Å². The summed E-state index contributed by atoms with van der Waals surface area (Å²) in [6, 6.07) is 7.84. The molecule has 0 aliphatic carbocycles. The third kappa shape index (κ3) is 3.07. The van der Waals surface area contributed by atoms with Crippen LogP contribution in [0.5, 0.6) is 0 Å². The maximum absolute atomic E-state index is 5.35. The van der Waals surface area contributed by atoms with Gasteiger partial charge in [-0.2, -0.15) is 5.10 Å². The number of rotatable bonds is 6. The van der Waals surface area contributed by atoms with Crippen LogP contribution in [0.4, 0.5) is 5.82 Å². The van der Waals surface area contributed by atoms with E-state index in [1.165, 1.54) is 0 Å². The van der Waals surface area contributed by atoms with Crippen LogP contribution in [0.1, 0.15) is 18.4 Å². The lowest BCUT2D eigenvalue weighted by Crippen LogP contribution is -2.23. The molecule has 0 aliphatic rings. The average molecular weight is 246 g/mol. The molecule has 0 radical (unpaired) electrons. The molecule has 0 unspecified atom stereocenters. The van der Waals surface area contributed by atoms with E-state index in [1.54, 1.807) is 6.26 Å². The summed E-state index contributed by atoms with van der Waals surface area (Å²) in [4.78, 5) is 2.12. The van der Waals surface area contributed by atoms with Gasteiger partial charge in [0.05, 0.1) is 18.5 Å². The second-order valence-electron chi connectivity index (χ2n) is 4.01. The number of nitrogens with one attached hydrogen (secondary N) is 1. The van der Waals surface area contributed by atoms with Gasteiger partial charge in [0.15, 0.2) is 5.82 Å². The summed E-state index contributed by atoms with van der Waals surface area (Å²) < 4.78 is 5.35. The molecule has 2 aromatic heterocycles. The van der Waals surface area contributed by atoms with Crippen LogP contribution in [0.2, 0.25) is 0 Å². The van der Waals surface area contributed by atoms with Gasteiger partial charge >= 0.3 is 0 Å². The van der Waals surface area contributed by atoms with Gasteiger partial charge in [0.2, 0.25) is 0 Å². The van der Waals surface area contributed by atoms with Gasteiger partial charge in [-0.05, 0) is 38.2 Å². The second kappa shape index (κ2) is 6.16. The van der Waals surface area contributed by atoms with Gasteiger partial charge in [0, 0.05) is 13.1 Å². The minimum atomic E-state index is 0.712. The Labute approximate surface area is 107 Å². The van der Waals surface area contributed by atoms with E-state index >= 15 is 0 Å². The van der Waals surface area contributed by atoms with Gasteiger partial charge in [0.1, 0.15) is 5.76 Å². The predicted molar refractivity (Wildman–Crippen MR) is 70.2 cm³/mol. The largest absolute Gasteiger partial charge is 0.467 e. The molecule has 2 rings (SSSR count). The molecule has 0 aromatic carbocycles. The molecule has 0 saturated carbocycles. The lowest BCUT2D eigenvalue weighted by atomic mass is 10.3. The van der Waals surface area contributed by atoms with Crippen molar-refractivity contribution >= 4 is 5.82 Å². The molecule has 0 atom stereocenters. The summed E-state index contributed by atoms with van der Waals surface area (Å²) >= 11 is 0. The highest BCUT2D eigenvalue weighted by molar-refractivity contribution is 5.37. The van der Waals surface area contributed by atoms with Gasteiger partial charge in [-0.3, -0.25) is 0 Å². The molecule has 18 heavy (non-hydrogen) atoms. The van der Waals surface area contributed by atoms with Crippen molar-refractivity contribution in [1.82, 2.24) is 15.5 Å². The summed E-state index contributed by atoms with van der Waals surface area (Å²) in [7, 11) is 1.89. The zero-order valence-corrected chi connectivity index (χ0v) is 10.8. The van der Waals surface area contributed by atoms with Gasteiger partial charge in [0.25, 0.3) is 0 Å². The van der Waals surface area contributed by atoms with Crippen LogP contribution in [0.15, 0.2) is 34.9 Å². The Balaban J connectivity index is 2.07. The lowest BCUT2D eigenvalue weighted by Gasteiger charge is -2.20. The lowest BCUT2D eigenvalue weighted by molar-refractivity contribution is 0.502. The molecule has 5 heteroatoms. The van der Waals surface area contributed by atoms with E-state index in [0.29, 0.717) is 6.54 Å². The van der Waals surface area contributed by atoms with E-state index in [-0.39, 0.29) is 0 Å². The van der Waals surface area contributed by atoms with Crippen molar-refractivity contribution in [2.75, 3.05) is 18.5 Å². The van der Waals surface area contributed by atoms with E-state index in [1.807, 2.05) is 31.3 Å². The molecule has 0 aliphatic heterocycles. The van der Waals surface area contributed by atoms with Gasteiger partial charge in [-0.25, -0.2) is 0 Å². The highest BCUT2D eigenvalue weighted by Gasteiger charge is 2.08. The Hall–Kier alpha value is -1.88. The number of anilines is 1. The zero-order valence-electron chi connectivity index (χ0n) is 10.8. The van der Waals surface area contributed by atoms with Crippen LogP contribution in [-0.4, -0.2) is 23.8 Å². The van der Waals surface area contributed by atoms with Gasteiger partial charge in [-0.15, -0.1) is 5.10 Å². The second-order valence-corrected chi connectivity index (χ2v) is 4.01. The first-order valence-electron chi connectivity index (χ1n) is 6.08. The van der Waals surface area contributed by atoms with Crippen LogP contribution in [0.3, 0.4) is 0 Å². The zero-order chi connectivity index (χ0) is 12.8. The molecule has 0 amide bonds. The van der Waals surface area contributed by atoms with Crippen molar-refractivity contribution in [3.63, 3.8) is 0 Å². The maximum Gasteiger partial charge on any atom is 0.151 e. The van der Waals surface area contributed by atoms with Gasteiger partial charge in [-0.1, -0.05) is 0 Å². The molecule has 1 N–H and O–H groups in total. The summed E-state index contributed by atoms with van der Waals surface area (Å²) in [6.07, 6.45) is 1.69. The van der Waals surface area contributed by atoms with E-state index in [9.17, 15) is 0 Å². The van der Waals surface area contributed by atoms with Crippen LogP contribution >= 0.6 is 0 Å². The normalized spacial score (nSPS) is 10.6. The summed E-state index contributed by atoms with van der Waals surface area (Å²) in [5, 5.41) is 11.5. The van der Waals surface area contributed by atoms with E-state index in [2.05, 4.69) is 27.3 Å². The molecule has 5 nitrogen and oxygen atoms in total. The average Bonchev–Trinajstić information content (AvgIpc) is 2.90. The van der Waals surface area contributed by atoms with Crippen molar-refractivity contribution in [2.24, 2.45) is 0 Å². The molecule has 2 heterocycles. The molecular weight excluding hydrogens is 228 g/mol. The van der Waals surface area contributed by atoms with E-state index in [4.69, 9.17) is 4.42 Å². The van der Waals surface area contributed by atoms with Crippen molar-refractivity contribution < 1.29 is 4.42 Å². The van der Waals surface area contributed by atoms with Crippen molar-refractivity contribution in [1.29, 1.82) is 0 Å². The Morgan fingerprint density at radius 3 is 2.72 bits per heavy atom. The summed E-state index contributed by atoms with van der Waals surface area (Å²) in [5.41, 5.74) is 0.940. The quantitative estimate of drug-likeness (QED) is 0.842. The van der Waals surface area contributed by atoms with Crippen molar-refractivity contribution in [3.8, 4) is 0 Å². The molecule has 0 spiro atoms. The highest BCUT2D eigenvalue weighted by atomic mass is 16.3. The Morgan fingerprint density at radius 1 is 1.28 bits per heavy atom. The van der Waals surface area contributed by atoms with Gasteiger partial charge < -0.3 is 14.6 Å². The Kier molecular flexibility index (Phi) is 4.30. The third-order valence-corrected chi connectivity index (χ3v) is 2.70. The first-order chi connectivity index (χ1) is 8.83. The summed E-state index contributed by atoms with van der Waals surface area (Å²) in [6.45, 7) is 4.40. The maximum atomic E-state index is 5.35. The molecule has 2 aromatic rings. The van der Waals surface area contributed by atoms with Crippen LogP contribution in [-0.2, 0) is 13.1 Å². The number of furan rings is 1. The van der Waals surface area contributed by atoms with Crippen LogP contribution in [0.25, 0.3) is 0 Å². The number of nitrogens with zero attached hydrogens (tertiary/aromatic N) is 3. The third-order valence-electron chi connectivity index (χ3n) is 2.70. The van der Waals surface area contributed by atoms with Crippen LogP contribution in [0, 0.1) is 0 Å². The molecule has 0 fully saturated rings. The Bertz CT molecular complexity index is 452. The number of hydrogen-bond donors (Lipinski definition) is 1.